The molecule has 0 atom stereocenters. The number of carbonyl (C=O) groups excluding carboxylic acids is 2. The highest BCUT2D eigenvalue weighted by Gasteiger charge is 2.22. The minimum Gasteiger partial charge on any atom is -0.353 e. The van der Waals surface area contributed by atoms with E-state index in [-0.39, 0.29) is 18.2 Å². The molecule has 132 valence electrons. The average Bonchev–Trinajstić information content (AvgIpc) is 2.52. The number of hydrogen-bond acceptors (Lipinski definition) is 2. The summed E-state index contributed by atoms with van der Waals surface area (Å²) in [6.07, 6.45) is 1.92. The van der Waals surface area contributed by atoms with Gasteiger partial charge in [0.05, 0.1) is 5.69 Å². The molecule has 1 rings (SSSR count). The minimum atomic E-state index is -0.0747. The highest BCUT2D eigenvalue weighted by atomic mass is 16.2. The van der Waals surface area contributed by atoms with Crippen LogP contribution in [0, 0.1) is 0 Å². The molecule has 1 N–H and O–H groups in total. The van der Waals surface area contributed by atoms with E-state index >= 15 is 0 Å². The molecule has 4 heteroatoms. The predicted molar refractivity (Wildman–Crippen MR) is 100 cm³/mol. The van der Waals surface area contributed by atoms with Crippen molar-refractivity contribution in [2.24, 2.45) is 0 Å². The van der Waals surface area contributed by atoms with Gasteiger partial charge in [-0.2, -0.15) is 0 Å². The zero-order valence-corrected chi connectivity index (χ0v) is 15.6. The van der Waals surface area contributed by atoms with Crippen LogP contribution in [0.25, 0.3) is 0 Å². The van der Waals surface area contributed by atoms with E-state index in [1.54, 1.807) is 17.9 Å². The monoisotopic (exact) mass is 330 g/mol. The van der Waals surface area contributed by atoms with Crippen molar-refractivity contribution < 1.29 is 9.59 Å². The maximum atomic E-state index is 12.3. The molecule has 0 aliphatic rings. The van der Waals surface area contributed by atoms with Gasteiger partial charge >= 0.3 is 0 Å². The molecule has 2 amide bonds. The maximum absolute atomic E-state index is 12.3. The molecule has 0 radical (unpaired) electrons. The minimum absolute atomic E-state index is 0.0403. The lowest BCUT2D eigenvalue weighted by atomic mass is 9.91. The van der Waals surface area contributed by atoms with Crippen LogP contribution in [0.3, 0.4) is 0 Å². The van der Waals surface area contributed by atoms with Gasteiger partial charge in [-0.3, -0.25) is 9.59 Å². The Balaban J connectivity index is 3.17. The Morgan fingerprint density at radius 2 is 1.71 bits per heavy atom. The normalized spacial score (nSPS) is 10.8. The summed E-state index contributed by atoms with van der Waals surface area (Å²) in [5, 5.41) is 2.76. The molecule has 0 spiro atoms. The van der Waals surface area contributed by atoms with E-state index in [1.165, 1.54) is 0 Å². The number of hydrogen-bond donors (Lipinski definition) is 1. The van der Waals surface area contributed by atoms with Gasteiger partial charge in [0, 0.05) is 26.4 Å². The Morgan fingerprint density at radius 1 is 1.17 bits per heavy atom. The zero-order valence-electron chi connectivity index (χ0n) is 15.6. The largest absolute Gasteiger partial charge is 0.353 e. The van der Waals surface area contributed by atoms with E-state index in [0.717, 1.165) is 16.8 Å². The summed E-state index contributed by atoms with van der Waals surface area (Å²) in [6.45, 7) is 14.5. The van der Waals surface area contributed by atoms with Crippen molar-refractivity contribution in [3.8, 4) is 0 Å². The fraction of sp³-hybridized carbons (Fsp3) is 0.500. The number of anilines is 1. The third-order valence-electron chi connectivity index (χ3n) is 4.00. The van der Waals surface area contributed by atoms with Crippen LogP contribution in [0.2, 0.25) is 0 Å². The van der Waals surface area contributed by atoms with Gasteiger partial charge in [0.25, 0.3) is 0 Å². The van der Waals surface area contributed by atoms with Gasteiger partial charge in [-0.05, 0) is 23.0 Å². The number of amides is 2. The van der Waals surface area contributed by atoms with Gasteiger partial charge in [0.2, 0.25) is 11.8 Å². The summed E-state index contributed by atoms with van der Waals surface area (Å²) in [6, 6.07) is 6.18. The van der Waals surface area contributed by atoms with Crippen LogP contribution in [0.1, 0.15) is 64.0 Å². The summed E-state index contributed by atoms with van der Waals surface area (Å²) in [4.78, 5) is 25.9. The fourth-order valence-corrected chi connectivity index (χ4v) is 2.74. The number of nitrogens with zero attached hydrogens (tertiary/aromatic N) is 1. The topological polar surface area (TPSA) is 49.4 Å². The SMILES string of the molecule is C=CCNC(=O)CCN(C(C)=O)c1c(C(C)C)cccc1C(C)C. The Bertz CT molecular complexity index is 565. The van der Waals surface area contributed by atoms with Crippen molar-refractivity contribution in [2.45, 2.75) is 52.9 Å². The molecule has 0 saturated carbocycles. The summed E-state index contributed by atoms with van der Waals surface area (Å²) in [5.74, 6) is 0.487. The zero-order chi connectivity index (χ0) is 18.3. The third-order valence-corrected chi connectivity index (χ3v) is 4.00. The highest BCUT2D eigenvalue weighted by Crippen LogP contribution is 2.35. The van der Waals surface area contributed by atoms with Crippen molar-refractivity contribution in [2.75, 3.05) is 18.0 Å². The number of benzene rings is 1. The van der Waals surface area contributed by atoms with E-state index < -0.39 is 0 Å². The quantitative estimate of drug-likeness (QED) is 0.733. The Labute approximate surface area is 145 Å². The lowest BCUT2D eigenvalue weighted by Gasteiger charge is -2.29. The smallest absolute Gasteiger partial charge is 0.223 e. The fourth-order valence-electron chi connectivity index (χ4n) is 2.74. The first kappa shape index (κ1) is 19.9. The van der Waals surface area contributed by atoms with Crippen molar-refractivity contribution in [3.05, 3.63) is 42.0 Å². The summed E-state index contributed by atoms with van der Waals surface area (Å²) in [5.41, 5.74) is 3.25. The average molecular weight is 330 g/mol. The molecule has 24 heavy (non-hydrogen) atoms. The van der Waals surface area contributed by atoms with E-state index in [2.05, 4.69) is 51.7 Å². The molecule has 0 bridgehead atoms. The van der Waals surface area contributed by atoms with Gasteiger partial charge in [0.15, 0.2) is 0 Å². The van der Waals surface area contributed by atoms with E-state index in [0.29, 0.717) is 24.9 Å². The number of rotatable bonds is 8. The van der Waals surface area contributed by atoms with Crippen LogP contribution >= 0.6 is 0 Å². The molecule has 0 aliphatic carbocycles. The molecule has 0 saturated heterocycles. The van der Waals surface area contributed by atoms with Crippen LogP contribution in [0.15, 0.2) is 30.9 Å². The Kier molecular flexibility index (Phi) is 7.69. The van der Waals surface area contributed by atoms with Crippen molar-refractivity contribution in [1.82, 2.24) is 5.32 Å². The Hall–Kier alpha value is -2.10. The van der Waals surface area contributed by atoms with Gasteiger partial charge in [-0.15, -0.1) is 6.58 Å². The van der Waals surface area contributed by atoms with Gasteiger partial charge in [-0.25, -0.2) is 0 Å². The number of nitrogens with one attached hydrogen (secondary N) is 1. The second kappa shape index (κ2) is 9.26. The molecule has 1 aromatic rings. The van der Waals surface area contributed by atoms with Crippen molar-refractivity contribution >= 4 is 17.5 Å². The second-order valence-corrected chi connectivity index (χ2v) is 6.61. The third kappa shape index (κ3) is 5.22. The molecule has 0 heterocycles. The first-order valence-electron chi connectivity index (χ1n) is 8.58. The Morgan fingerprint density at radius 3 is 2.12 bits per heavy atom. The molecular weight excluding hydrogens is 300 g/mol. The van der Waals surface area contributed by atoms with Gasteiger partial charge < -0.3 is 10.2 Å². The molecule has 1 aromatic carbocycles. The van der Waals surface area contributed by atoms with Crippen LogP contribution < -0.4 is 10.2 Å². The van der Waals surface area contributed by atoms with E-state index in [9.17, 15) is 9.59 Å². The molecule has 4 nitrogen and oxygen atoms in total. The van der Waals surface area contributed by atoms with Crippen LogP contribution in [0.5, 0.6) is 0 Å². The van der Waals surface area contributed by atoms with Crippen LogP contribution in [-0.2, 0) is 9.59 Å². The van der Waals surface area contributed by atoms with Crippen molar-refractivity contribution in [1.29, 1.82) is 0 Å². The molecule has 0 fully saturated rings. The predicted octanol–water partition coefficient (Wildman–Crippen LogP) is 3.98. The van der Waals surface area contributed by atoms with E-state index in [1.807, 2.05) is 6.07 Å². The first-order chi connectivity index (χ1) is 11.3. The molecule has 0 aliphatic heterocycles. The van der Waals surface area contributed by atoms with Crippen molar-refractivity contribution in [3.63, 3.8) is 0 Å². The maximum Gasteiger partial charge on any atom is 0.223 e. The van der Waals surface area contributed by atoms with E-state index in [4.69, 9.17) is 0 Å². The second-order valence-electron chi connectivity index (χ2n) is 6.61. The summed E-state index contributed by atoms with van der Waals surface area (Å²) < 4.78 is 0. The summed E-state index contributed by atoms with van der Waals surface area (Å²) in [7, 11) is 0. The lowest BCUT2D eigenvalue weighted by Crippen LogP contribution is -2.35. The number of para-hydroxylation sites is 1. The van der Waals surface area contributed by atoms with Crippen LogP contribution in [0.4, 0.5) is 5.69 Å². The standard InChI is InChI=1S/C20H30N2O2/c1-7-12-21-19(24)11-13-22(16(6)23)20-17(14(2)3)9-8-10-18(20)15(4)5/h7-10,14-15H,1,11-13H2,2-6H3,(H,21,24). The number of carbonyl (C=O) groups is 2. The first-order valence-corrected chi connectivity index (χ1v) is 8.58. The summed E-state index contributed by atoms with van der Waals surface area (Å²) >= 11 is 0. The molecular formula is C20H30N2O2. The van der Waals surface area contributed by atoms with Gasteiger partial charge in [0.1, 0.15) is 0 Å². The molecule has 0 unspecified atom stereocenters. The highest BCUT2D eigenvalue weighted by molar-refractivity contribution is 5.94. The lowest BCUT2D eigenvalue weighted by molar-refractivity contribution is -0.120. The van der Waals surface area contributed by atoms with Gasteiger partial charge in [-0.1, -0.05) is 52.0 Å². The molecule has 0 aromatic heterocycles. The van der Waals surface area contributed by atoms with Crippen LogP contribution in [-0.4, -0.2) is 24.9 Å².